The summed E-state index contributed by atoms with van der Waals surface area (Å²) in [6.07, 6.45) is 3.41. The predicted octanol–water partition coefficient (Wildman–Crippen LogP) is 2.47. The van der Waals surface area contributed by atoms with Crippen LogP contribution in [0.3, 0.4) is 0 Å². The fraction of sp³-hybridized carbons (Fsp3) is 0. The highest BCUT2D eigenvalue weighted by Crippen LogP contribution is 2.21. The summed E-state index contributed by atoms with van der Waals surface area (Å²) in [7, 11) is 0. The van der Waals surface area contributed by atoms with E-state index in [0.717, 1.165) is 11.1 Å². The van der Waals surface area contributed by atoms with Gasteiger partial charge in [0, 0.05) is 18.0 Å². The van der Waals surface area contributed by atoms with Crippen molar-refractivity contribution in [3.63, 3.8) is 0 Å². The van der Waals surface area contributed by atoms with Gasteiger partial charge < -0.3 is 5.73 Å². The van der Waals surface area contributed by atoms with E-state index in [9.17, 15) is 4.39 Å². The van der Waals surface area contributed by atoms with Crippen molar-refractivity contribution >= 4 is 5.69 Å². The first-order valence-corrected chi connectivity index (χ1v) is 4.23. The highest BCUT2D eigenvalue weighted by atomic mass is 19.1. The Morgan fingerprint density at radius 2 is 2.00 bits per heavy atom. The average molecular weight is 188 g/mol. The van der Waals surface area contributed by atoms with Crippen molar-refractivity contribution in [3.05, 3.63) is 48.5 Å². The number of hydrogen-bond acceptors (Lipinski definition) is 2. The lowest BCUT2D eigenvalue weighted by molar-refractivity contribution is 0.632. The third-order valence-electron chi connectivity index (χ3n) is 1.99. The second kappa shape index (κ2) is 3.46. The molecule has 0 fully saturated rings. The van der Waals surface area contributed by atoms with Gasteiger partial charge in [0.05, 0.1) is 5.69 Å². The van der Waals surface area contributed by atoms with Gasteiger partial charge in [0.1, 0.15) is 5.82 Å². The fourth-order valence-corrected chi connectivity index (χ4v) is 1.26. The Balaban J connectivity index is 2.48. The van der Waals surface area contributed by atoms with Crippen LogP contribution in [0.2, 0.25) is 0 Å². The summed E-state index contributed by atoms with van der Waals surface area (Å²) < 4.78 is 12.9. The van der Waals surface area contributed by atoms with Gasteiger partial charge in [0.25, 0.3) is 0 Å². The maximum atomic E-state index is 12.9. The van der Waals surface area contributed by atoms with Crippen LogP contribution in [-0.2, 0) is 0 Å². The number of pyridine rings is 1. The summed E-state index contributed by atoms with van der Waals surface area (Å²) >= 11 is 0. The summed E-state index contributed by atoms with van der Waals surface area (Å²) in [5.41, 5.74) is 7.42. The number of benzene rings is 1. The molecule has 1 aromatic carbocycles. The molecule has 0 amide bonds. The maximum absolute atomic E-state index is 12.9. The van der Waals surface area contributed by atoms with Crippen LogP contribution in [0.5, 0.6) is 0 Å². The molecule has 2 nitrogen and oxygen atoms in total. The molecule has 0 radical (unpaired) electrons. The molecule has 0 atom stereocenters. The van der Waals surface area contributed by atoms with Crippen LogP contribution in [0.15, 0.2) is 42.7 Å². The fourth-order valence-electron chi connectivity index (χ4n) is 1.26. The van der Waals surface area contributed by atoms with E-state index in [4.69, 9.17) is 5.73 Å². The van der Waals surface area contributed by atoms with E-state index in [-0.39, 0.29) is 5.69 Å². The minimum Gasteiger partial charge on any atom is -0.396 e. The molecule has 0 unspecified atom stereocenters. The highest BCUT2D eigenvalue weighted by Gasteiger charge is 2.01. The molecule has 0 spiro atoms. The average Bonchev–Trinajstić information content (AvgIpc) is 2.23. The van der Waals surface area contributed by atoms with Crippen molar-refractivity contribution in [2.24, 2.45) is 0 Å². The molecule has 70 valence electrons. The third-order valence-corrected chi connectivity index (χ3v) is 1.99. The van der Waals surface area contributed by atoms with Crippen molar-refractivity contribution in [1.82, 2.24) is 4.98 Å². The van der Waals surface area contributed by atoms with Crippen LogP contribution in [0.4, 0.5) is 10.1 Å². The number of nitrogens with zero attached hydrogens (tertiary/aromatic N) is 1. The Kier molecular flexibility index (Phi) is 2.14. The SMILES string of the molecule is Nc1cc(-c2cccnc2)ccc1F. The van der Waals surface area contributed by atoms with E-state index in [0.29, 0.717) is 0 Å². The first-order chi connectivity index (χ1) is 6.77. The van der Waals surface area contributed by atoms with Gasteiger partial charge in [-0.25, -0.2) is 4.39 Å². The summed E-state index contributed by atoms with van der Waals surface area (Å²) in [6, 6.07) is 8.38. The smallest absolute Gasteiger partial charge is 0.146 e. The van der Waals surface area contributed by atoms with Gasteiger partial charge >= 0.3 is 0 Å². The monoisotopic (exact) mass is 188 g/mol. The van der Waals surface area contributed by atoms with E-state index in [2.05, 4.69) is 4.98 Å². The number of rotatable bonds is 1. The predicted molar refractivity (Wildman–Crippen MR) is 54.0 cm³/mol. The highest BCUT2D eigenvalue weighted by molar-refractivity contribution is 5.66. The van der Waals surface area contributed by atoms with Gasteiger partial charge in [0.2, 0.25) is 0 Å². The van der Waals surface area contributed by atoms with Gasteiger partial charge in [-0.05, 0) is 23.8 Å². The number of aromatic nitrogens is 1. The Bertz CT molecular complexity index is 440. The van der Waals surface area contributed by atoms with Crippen LogP contribution in [0, 0.1) is 5.82 Å². The Labute approximate surface area is 81.2 Å². The number of hydrogen-bond donors (Lipinski definition) is 1. The molecule has 3 heteroatoms. The van der Waals surface area contributed by atoms with Crippen molar-refractivity contribution in [3.8, 4) is 11.1 Å². The molecule has 2 aromatic rings. The Morgan fingerprint density at radius 1 is 1.14 bits per heavy atom. The molecule has 1 heterocycles. The Hall–Kier alpha value is -1.90. The lowest BCUT2D eigenvalue weighted by atomic mass is 10.1. The standard InChI is InChI=1S/C11H9FN2/c12-10-4-3-8(6-11(10)13)9-2-1-5-14-7-9/h1-7H,13H2. The van der Waals surface area contributed by atoms with Gasteiger partial charge in [-0.2, -0.15) is 0 Å². The number of halogens is 1. The minimum atomic E-state index is -0.391. The van der Waals surface area contributed by atoms with Crippen LogP contribution in [0.1, 0.15) is 0 Å². The lowest BCUT2D eigenvalue weighted by Crippen LogP contribution is -1.90. The molecule has 2 rings (SSSR count). The van der Waals surface area contributed by atoms with E-state index >= 15 is 0 Å². The summed E-state index contributed by atoms with van der Waals surface area (Å²) in [5.74, 6) is -0.391. The molecule has 0 bridgehead atoms. The zero-order valence-corrected chi connectivity index (χ0v) is 7.44. The number of nitrogens with two attached hydrogens (primary N) is 1. The van der Waals surface area contributed by atoms with Gasteiger partial charge in [-0.1, -0.05) is 12.1 Å². The summed E-state index contributed by atoms with van der Waals surface area (Å²) in [4.78, 5) is 3.98. The van der Waals surface area contributed by atoms with Crippen molar-refractivity contribution in [2.75, 3.05) is 5.73 Å². The van der Waals surface area contributed by atoms with Gasteiger partial charge in [0.15, 0.2) is 0 Å². The number of nitrogen functional groups attached to an aromatic ring is 1. The molecule has 0 aliphatic rings. The minimum absolute atomic E-state index is 0.159. The Morgan fingerprint density at radius 3 is 2.64 bits per heavy atom. The zero-order valence-electron chi connectivity index (χ0n) is 7.44. The molecule has 14 heavy (non-hydrogen) atoms. The second-order valence-electron chi connectivity index (χ2n) is 2.98. The topological polar surface area (TPSA) is 38.9 Å². The van der Waals surface area contributed by atoms with Gasteiger partial charge in [-0.15, -0.1) is 0 Å². The molecule has 0 saturated heterocycles. The molecule has 0 aliphatic heterocycles. The molecule has 0 aliphatic carbocycles. The van der Waals surface area contributed by atoms with Crippen LogP contribution in [-0.4, -0.2) is 4.98 Å². The molecular formula is C11H9FN2. The maximum Gasteiger partial charge on any atom is 0.146 e. The van der Waals surface area contributed by atoms with E-state index in [1.807, 2.05) is 12.1 Å². The molecule has 2 N–H and O–H groups in total. The van der Waals surface area contributed by atoms with E-state index in [1.54, 1.807) is 24.5 Å². The van der Waals surface area contributed by atoms with E-state index < -0.39 is 5.82 Å². The van der Waals surface area contributed by atoms with Crippen LogP contribution < -0.4 is 5.73 Å². The largest absolute Gasteiger partial charge is 0.396 e. The molecular weight excluding hydrogens is 179 g/mol. The van der Waals surface area contributed by atoms with Crippen LogP contribution in [0.25, 0.3) is 11.1 Å². The summed E-state index contributed by atoms with van der Waals surface area (Å²) in [5, 5.41) is 0. The lowest BCUT2D eigenvalue weighted by Gasteiger charge is -2.02. The van der Waals surface area contributed by atoms with Crippen molar-refractivity contribution < 1.29 is 4.39 Å². The van der Waals surface area contributed by atoms with Crippen molar-refractivity contribution in [2.45, 2.75) is 0 Å². The third kappa shape index (κ3) is 1.57. The summed E-state index contributed by atoms with van der Waals surface area (Å²) in [6.45, 7) is 0. The second-order valence-corrected chi connectivity index (χ2v) is 2.98. The quantitative estimate of drug-likeness (QED) is 0.698. The molecule has 1 aromatic heterocycles. The van der Waals surface area contributed by atoms with Crippen molar-refractivity contribution in [1.29, 1.82) is 0 Å². The van der Waals surface area contributed by atoms with E-state index in [1.165, 1.54) is 6.07 Å². The normalized spacial score (nSPS) is 10.1. The first kappa shape index (κ1) is 8.69. The van der Waals surface area contributed by atoms with Gasteiger partial charge in [-0.3, -0.25) is 4.98 Å². The zero-order chi connectivity index (χ0) is 9.97. The van der Waals surface area contributed by atoms with Crippen LogP contribution >= 0.6 is 0 Å². The number of anilines is 1. The first-order valence-electron chi connectivity index (χ1n) is 4.23. The molecule has 0 saturated carbocycles.